The summed E-state index contributed by atoms with van der Waals surface area (Å²) in [6, 6.07) is -0.0647. The number of primary sulfonamides is 1. The molecule has 1 rings (SSSR count). The number of rotatable bonds is 3. The Bertz CT molecular complexity index is 640. The minimum atomic E-state index is -5.48. The molecule has 0 amide bonds. The van der Waals surface area contributed by atoms with E-state index in [1.807, 2.05) is 0 Å². The average molecular weight is 339 g/mol. The summed E-state index contributed by atoms with van der Waals surface area (Å²) in [5.74, 6) is -1.80. The first-order valence-corrected chi connectivity index (χ1v) is 6.40. The van der Waals surface area contributed by atoms with Gasteiger partial charge in [-0.2, -0.15) is 13.2 Å². The third-order valence-electron chi connectivity index (χ3n) is 2.03. The molecular formula is C8H7F6N3O3S. The second-order valence-electron chi connectivity index (χ2n) is 3.58. The number of hydrogen-bond donors (Lipinski definition) is 2. The topological polar surface area (TPSA) is 108 Å². The molecule has 0 radical (unpaired) electrons. The maximum Gasteiger partial charge on any atom is 0.573 e. The number of halogens is 6. The Kier molecular flexibility index (Phi) is 4.41. The van der Waals surface area contributed by atoms with Crippen molar-refractivity contribution < 1.29 is 39.5 Å². The van der Waals surface area contributed by atoms with Gasteiger partial charge in [0.15, 0.2) is 5.03 Å². The zero-order chi connectivity index (χ0) is 16.6. The van der Waals surface area contributed by atoms with Crippen LogP contribution in [0.2, 0.25) is 0 Å². The van der Waals surface area contributed by atoms with Crippen LogP contribution in [0, 0.1) is 0 Å². The lowest BCUT2D eigenvalue weighted by Crippen LogP contribution is -2.24. The summed E-state index contributed by atoms with van der Waals surface area (Å²) in [6.07, 6.45) is -10.8. The van der Waals surface area contributed by atoms with Gasteiger partial charge in [0.1, 0.15) is 11.3 Å². The predicted molar refractivity (Wildman–Crippen MR) is 55.2 cm³/mol. The van der Waals surface area contributed by atoms with Gasteiger partial charge in [-0.25, -0.2) is 18.5 Å². The highest BCUT2D eigenvalue weighted by Gasteiger charge is 2.42. The molecule has 0 bridgehead atoms. The summed E-state index contributed by atoms with van der Waals surface area (Å²) < 4.78 is 100. The molecule has 1 heterocycles. The number of alkyl halides is 6. The molecule has 0 aliphatic heterocycles. The van der Waals surface area contributed by atoms with E-state index in [-0.39, 0.29) is 6.07 Å². The van der Waals surface area contributed by atoms with Gasteiger partial charge in [0, 0.05) is 12.6 Å². The molecular weight excluding hydrogens is 332 g/mol. The monoisotopic (exact) mass is 339 g/mol. The fraction of sp³-hybridized carbons (Fsp3) is 0.375. The lowest BCUT2D eigenvalue weighted by atomic mass is 10.1. The highest BCUT2D eigenvalue weighted by molar-refractivity contribution is 7.89. The van der Waals surface area contributed by atoms with Crippen LogP contribution < -0.4 is 15.6 Å². The fourth-order valence-corrected chi connectivity index (χ4v) is 1.86. The van der Waals surface area contributed by atoms with Gasteiger partial charge in [-0.3, -0.25) is 0 Å². The van der Waals surface area contributed by atoms with Crippen LogP contribution >= 0.6 is 0 Å². The van der Waals surface area contributed by atoms with Crippen LogP contribution in [-0.4, -0.2) is 19.8 Å². The Labute approximate surface area is 113 Å². The Balaban J connectivity index is 3.69. The van der Waals surface area contributed by atoms with Crippen molar-refractivity contribution in [2.75, 3.05) is 0 Å². The molecule has 120 valence electrons. The standard InChI is InChI=1S/C8H7F6N3O3S/c9-7(10,11)6-3(2-15)17-5(21(16,18)19)1-4(6)20-8(12,13)14/h1H,2,15H2,(H2,16,18,19). The zero-order valence-electron chi connectivity index (χ0n) is 9.79. The molecule has 6 nitrogen and oxygen atoms in total. The molecule has 21 heavy (non-hydrogen) atoms. The van der Waals surface area contributed by atoms with Crippen molar-refractivity contribution in [3.05, 3.63) is 17.3 Å². The van der Waals surface area contributed by atoms with Crippen LogP contribution in [0.5, 0.6) is 5.75 Å². The molecule has 4 N–H and O–H groups in total. The Morgan fingerprint density at radius 1 is 1.19 bits per heavy atom. The van der Waals surface area contributed by atoms with E-state index >= 15 is 0 Å². The molecule has 0 spiro atoms. The van der Waals surface area contributed by atoms with E-state index in [0.29, 0.717) is 0 Å². The van der Waals surface area contributed by atoms with Crippen molar-refractivity contribution in [1.82, 2.24) is 4.98 Å². The molecule has 1 aromatic rings. The summed E-state index contributed by atoms with van der Waals surface area (Å²) in [7, 11) is -4.66. The Hall–Kier alpha value is -1.60. The van der Waals surface area contributed by atoms with Gasteiger partial charge in [-0.15, -0.1) is 13.2 Å². The highest BCUT2D eigenvalue weighted by atomic mass is 32.2. The van der Waals surface area contributed by atoms with Gasteiger partial charge in [-0.05, 0) is 0 Å². The fourth-order valence-electron chi connectivity index (χ4n) is 1.35. The molecule has 13 heteroatoms. The van der Waals surface area contributed by atoms with E-state index in [4.69, 9.17) is 5.73 Å². The van der Waals surface area contributed by atoms with E-state index in [0.717, 1.165) is 0 Å². The summed E-state index contributed by atoms with van der Waals surface area (Å²) >= 11 is 0. The van der Waals surface area contributed by atoms with Gasteiger partial charge in [-0.1, -0.05) is 0 Å². The smallest absolute Gasteiger partial charge is 0.405 e. The first-order chi connectivity index (χ1) is 9.25. The van der Waals surface area contributed by atoms with Gasteiger partial charge < -0.3 is 10.5 Å². The van der Waals surface area contributed by atoms with Crippen molar-refractivity contribution in [3.63, 3.8) is 0 Å². The summed E-state index contributed by atoms with van der Waals surface area (Å²) in [5.41, 5.74) is 1.89. The lowest BCUT2D eigenvalue weighted by molar-refractivity contribution is -0.276. The van der Waals surface area contributed by atoms with Crippen LogP contribution in [0.4, 0.5) is 26.3 Å². The van der Waals surface area contributed by atoms with Crippen molar-refractivity contribution in [1.29, 1.82) is 0 Å². The average Bonchev–Trinajstić information content (AvgIpc) is 2.22. The summed E-state index contributed by atoms with van der Waals surface area (Å²) in [6.45, 7) is -0.980. The Morgan fingerprint density at radius 2 is 1.71 bits per heavy atom. The van der Waals surface area contributed by atoms with Crippen molar-refractivity contribution >= 4 is 10.0 Å². The van der Waals surface area contributed by atoms with Crippen LogP contribution in [0.25, 0.3) is 0 Å². The first kappa shape index (κ1) is 17.5. The summed E-state index contributed by atoms with van der Waals surface area (Å²) in [4.78, 5) is 3.01. The minimum absolute atomic E-state index is 0.0647. The maximum atomic E-state index is 12.8. The van der Waals surface area contributed by atoms with E-state index < -0.39 is 51.1 Å². The summed E-state index contributed by atoms with van der Waals surface area (Å²) in [5, 5.41) is 3.40. The Morgan fingerprint density at radius 3 is 2.05 bits per heavy atom. The molecule has 0 atom stereocenters. The van der Waals surface area contributed by atoms with Crippen molar-refractivity contribution in [3.8, 4) is 5.75 Å². The van der Waals surface area contributed by atoms with Gasteiger partial charge in [0.25, 0.3) is 10.0 Å². The van der Waals surface area contributed by atoms with Crippen LogP contribution in [-0.2, 0) is 22.7 Å². The number of ether oxygens (including phenoxy) is 1. The van der Waals surface area contributed by atoms with Gasteiger partial charge in [0.2, 0.25) is 0 Å². The molecule has 0 fully saturated rings. The number of sulfonamides is 1. The second-order valence-corrected chi connectivity index (χ2v) is 5.08. The SMILES string of the molecule is NCc1nc(S(N)(=O)=O)cc(OC(F)(F)F)c1C(F)(F)F. The molecule has 0 saturated heterocycles. The van der Waals surface area contributed by atoms with Crippen molar-refractivity contribution in [2.45, 2.75) is 24.1 Å². The predicted octanol–water partition coefficient (Wildman–Crippen LogP) is 1.11. The third kappa shape index (κ3) is 4.44. The van der Waals surface area contributed by atoms with E-state index in [1.54, 1.807) is 0 Å². The number of hydrogen-bond acceptors (Lipinski definition) is 5. The number of aromatic nitrogens is 1. The number of pyridine rings is 1. The largest absolute Gasteiger partial charge is 0.573 e. The van der Waals surface area contributed by atoms with Crippen LogP contribution in [0.1, 0.15) is 11.3 Å². The molecule has 0 aromatic carbocycles. The molecule has 1 aromatic heterocycles. The molecule has 0 aliphatic carbocycles. The normalized spacial score (nSPS) is 13.3. The minimum Gasteiger partial charge on any atom is -0.405 e. The highest BCUT2D eigenvalue weighted by Crippen LogP contribution is 2.40. The number of nitrogens with two attached hydrogens (primary N) is 2. The van der Waals surface area contributed by atoms with Gasteiger partial charge in [0.05, 0.1) is 5.69 Å². The second kappa shape index (κ2) is 5.31. The van der Waals surface area contributed by atoms with Crippen molar-refractivity contribution in [2.24, 2.45) is 10.9 Å². The quantitative estimate of drug-likeness (QED) is 0.802. The van der Waals surface area contributed by atoms with E-state index in [1.165, 1.54) is 0 Å². The zero-order valence-corrected chi connectivity index (χ0v) is 10.6. The van der Waals surface area contributed by atoms with Crippen LogP contribution in [0.15, 0.2) is 11.1 Å². The molecule has 0 aliphatic rings. The number of nitrogens with zero attached hydrogens (tertiary/aromatic N) is 1. The third-order valence-corrected chi connectivity index (χ3v) is 2.82. The van der Waals surface area contributed by atoms with Gasteiger partial charge >= 0.3 is 12.5 Å². The van der Waals surface area contributed by atoms with Crippen LogP contribution in [0.3, 0.4) is 0 Å². The molecule has 0 unspecified atom stereocenters. The maximum absolute atomic E-state index is 12.8. The van der Waals surface area contributed by atoms with E-state index in [9.17, 15) is 34.8 Å². The lowest BCUT2D eigenvalue weighted by Gasteiger charge is -2.18. The van der Waals surface area contributed by atoms with E-state index in [2.05, 4.69) is 14.9 Å². The first-order valence-electron chi connectivity index (χ1n) is 4.85. The molecule has 0 saturated carbocycles.